The molecule has 0 atom stereocenters. The highest BCUT2D eigenvalue weighted by Crippen LogP contribution is 2.22. The van der Waals surface area contributed by atoms with Crippen LogP contribution >= 0.6 is 11.8 Å². The fourth-order valence-electron chi connectivity index (χ4n) is 2.01. The lowest BCUT2D eigenvalue weighted by Crippen LogP contribution is -2.25. The number of nitrogens with one attached hydrogen (secondary N) is 1. The van der Waals surface area contributed by atoms with Crippen LogP contribution in [0.25, 0.3) is 0 Å². The fourth-order valence-corrected chi connectivity index (χ4v) is 3.08. The van der Waals surface area contributed by atoms with Crippen molar-refractivity contribution in [3.63, 3.8) is 0 Å². The van der Waals surface area contributed by atoms with Crippen LogP contribution in [-0.4, -0.2) is 50.5 Å². The molecule has 20 heavy (non-hydrogen) atoms. The Morgan fingerprint density at radius 1 is 1.20 bits per heavy atom. The van der Waals surface area contributed by atoms with E-state index in [0.29, 0.717) is 0 Å². The lowest BCUT2D eigenvalue weighted by molar-refractivity contribution is 0.199. The van der Waals surface area contributed by atoms with Gasteiger partial charge >= 0.3 is 0 Å². The van der Waals surface area contributed by atoms with E-state index in [-0.39, 0.29) is 0 Å². The number of benzene rings is 1. The molecule has 0 spiro atoms. The Morgan fingerprint density at radius 2 is 1.95 bits per heavy atom. The SMILES string of the molecule is CCN(CC)CCSc1ccccc1CNCCOC. The Hall–Kier alpha value is -0.550. The van der Waals surface area contributed by atoms with Gasteiger partial charge in [-0.2, -0.15) is 0 Å². The van der Waals surface area contributed by atoms with Gasteiger partial charge in [-0.25, -0.2) is 0 Å². The molecule has 1 N–H and O–H groups in total. The normalized spacial score (nSPS) is 11.2. The average molecular weight is 296 g/mol. The van der Waals surface area contributed by atoms with Gasteiger partial charge in [0.05, 0.1) is 6.61 Å². The first kappa shape index (κ1) is 17.5. The van der Waals surface area contributed by atoms with Crippen molar-refractivity contribution in [2.75, 3.05) is 45.6 Å². The van der Waals surface area contributed by atoms with Gasteiger partial charge < -0.3 is 15.0 Å². The predicted molar refractivity (Wildman–Crippen MR) is 88.5 cm³/mol. The Morgan fingerprint density at radius 3 is 2.65 bits per heavy atom. The number of hydrogen-bond acceptors (Lipinski definition) is 4. The minimum absolute atomic E-state index is 0.761. The van der Waals surface area contributed by atoms with Gasteiger partial charge in [-0.05, 0) is 24.7 Å². The van der Waals surface area contributed by atoms with Crippen molar-refractivity contribution in [1.82, 2.24) is 10.2 Å². The van der Waals surface area contributed by atoms with E-state index in [4.69, 9.17) is 4.74 Å². The lowest BCUT2D eigenvalue weighted by atomic mass is 10.2. The average Bonchev–Trinajstić information content (AvgIpc) is 2.49. The summed E-state index contributed by atoms with van der Waals surface area (Å²) in [6.45, 7) is 10.4. The van der Waals surface area contributed by atoms with Gasteiger partial charge in [-0.1, -0.05) is 32.0 Å². The molecule has 1 rings (SSSR count). The van der Waals surface area contributed by atoms with Crippen molar-refractivity contribution in [1.29, 1.82) is 0 Å². The first-order chi connectivity index (χ1) is 9.81. The van der Waals surface area contributed by atoms with Crippen molar-refractivity contribution in [2.24, 2.45) is 0 Å². The topological polar surface area (TPSA) is 24.5 Å². The van der Waals surface area contributed by atoms with Crippen LogP contribution in [0.2, 0.25) is 0 Å². The summed E-state index contributed by atoms with van der Waals surface area (Å²) in [5, 5.41) is 3.42. The highest BCUT2D eigenvalue weighted by molar-refractivity contribution is 7.99. The zero-order chi connectivity index (χ0) is 14.6. The summed E-state index contributed by atoms with van der Waals surface area (Å²) in [6.07, 6.45) is 0. The van der Waals surface area contributed by atoms with Gasteiger partial charge in [0.25, 0.3) is 0 Å². The molecule has 1 aromatic carbocycles. The molecule has 0 aliphatic heterocycles. The maximum absolute atomic E-state index is 5.05. The molecule has 3 nitrogen and oxygen atoms in total. The van der Waals surface area contributed by atoms with Crippen molar-refractivity contribution in [2.45, 2.75) is 25.3 Å². The molecular weight excluding hydrogens is 268 g/mol. The monoisotopic (exact) mass is 296 g/mol. The number of rotatable bonds is 11. The molecule has 0 amide bonds. The number of ether oxygens (including phenoxy) is 1. The highest BCUT2D eigenvalue weighted by Gasteiger charge is 2.04. The van der Waals surface area contributed by atoms with E-state index in [2.05, 4.69) is 48.3 Å². The standard InChI is InChI=1S/C16H28N2OS/c1-4-18(5-2)11-13-20-16-9-7-6-8-15(16)14-17-10-12-19-3/h6-9,17H,4-5,10-14H2,1-3H3. The molecule has 0 unspecified atom stereocenters. The molecular formula is C16H28N2OS. The van der Waals surface area contributed by atoms with Crippen LogP contribution in [0.4, 0.5) is 0 Å². The quantitative estimate of drug-likeness (QED) is 0.501. The zero-order valence-electron chi connectivity index (χ0n) is 13.0. The Labute approximate surface area is 128 Å². The summed E-state index contributed by atoms with van der Waals surface area (Å²) >= 11 is 1.96. The number of nitrogens with zero attached hydrogens (tertiary/aromatic N) is 1. The highest BCUT2D eigenvalue weighted by atomic mass is 32.2. The molecule has 4 heteroatoms. The van der Waals surface area contributed by atoms with Crippen LogP contribution in [0.5, 0.6) is 0 Å². The summed E-state index contributed by atoms with van der Waals surface area (Å²) in [7, 11) is 1.73. The van der Waals surface area contributed by atoms with Crippen molar-refractivity contribution >= 4 is 11.8 Å². The number of thioether (sulfide) groups is 1. The minimum Gasteiger partial charge on any atom is -0.383 e. The second kappa shape index (κ2) is 11.1. The maximum atomic E-state index is 5.05. The van der Waals surface area contributed by atoms with Gasteiger partial charge in [0.1, 0.15) is 0 Å². The van der Waals surface area contributed by atoms with Gasteiger partial charge in [0, 0.05) is 37.4 Å². The van der Waals surface area contributed by atoms with Crippen molar-refractivity contribution in [3.05, 3.63) is 29.8 Å². The molecule has 0 saturated carbocycles. The van der Waals surface area contributed by atoms with Gasteiger partial charge in [0.15, 0.2) is 0 Å². The van der Waals surface area contributed by atoms with Crippen LogP contribution in [0, 0.1) is 0 Å². The van der Waals surface area contributed by atoms with Crippen LogP contribution in [-0.2, 0) is 11.3 Å². The number of hydrogen-bond donors (Lipinski definition) is 1. The van der Waals surface area contributed by atoms with E-state index in [1.807, 2.05) is 11.8 Å². The summed E-state index contributed by atoms with van der Waals surface area (Å²) in [4.78, 5) is 3.86. The van der Waals surface area contributed by atoms with Gasteiger partial charge in [0.2, 0.25) is 0 Å². The summed E-state index contributed by atoms with van der Waals surface area (Å²) in [5.74, 6) is 1.15. The summed E-state index contributed by atoms with van der Waals surface area (Å²) in [6, 6.07) is 8.67. The van der Waals surface area contributed by atoms with Crippen LogP contribution in [0.1, 0.15) is 19.4 Å². The first-order valence-corrected chi connectivity index (χ1v) is 8.43. The third-order valence-corrected chi connectivity index (χ3v) is 4.43. The molecule has 0 heterocycles. The molecule has 1 aromatic rings. The molecule has 0 bridgehead atoms. The molecule has 0 radical (unpaired) electrons. The third kappa shape index (κ3) is 6.75. The van der Waals surface area contributed by atoms with E-state index < -0.39 is 0 Å². The smallest absolute Gasteiger partial charge is 0.0587 e. The van der Waals surface area contributed by atoms with E-state index in [0.717, 1.165) is 45.1 Å². The molecule has 114 valence electrons. The number of methoxy groups -OCH3 is 1. The van der Waals surface area contributed by atoms with Crippen molar-refractivity contribution in [3.8, 4) is 0 Å². The minimum atomic E-state index is 0.761. The van der Waals surface area contributed by atoms with Gasteiger partial charge in [-0.3, -0.25) is 0 Å². The Kier molecular flexibility index (Phi) is 9.75. The van der Waals surface area contributed by atoms with E-state index in [1.54, 1.807) is 7.11 Å². The van der Waals surface area contributed by atoms with Crippen molar-refractivity contribution < 1.29 is 4.74 Å². The predicted octanol–water partition coefficient (Wildman–Crippen LogP) is 2.86. The molecule has 0 fully saturated rings. The Bertz CT molecular complexity index is 356. The third-order valence-electron chi connectivity index (χ3n) is 3.33. The van der Waals surface area contributed by atoms with Crippen LogP contribution in [0.3, 0.4) is 0 Å². The Balaban J connectivity index is 2.40. The molecule has 0 aliphatic rings. The van der Waals surface area contributed by atoms with E-state index in [1.165, 1.54) is 10.5 Å². The fraction of sp³-hybridized carbons (Fsp3) is 0.625. The van der Waals surface area contributed by atoms with Crippen LogP contribution < -0.4 is 5.32 Å². The second-order valence-corrected chi connectivity index (χ2v) is 5.79. The zero-order valence-corrected chi connectivity index (χ0v) is 13.8. The second-order valence-electron chi connectivity index (χ2n) is 4.65. The van der Waals surface area contributed by atoms with Gasteiger partial charge in [-0.15, -0.1) is 11.8 Å². The summed E-state index contributed by atoms with van der Waals surface area (Å²) < 4.78 is 5.05. The van der Waals surface area contributed by atoms with E-state index >= 15 is 0 Å². The van der Waals surface area contributed by atoms with E-state index in [9.17, 15) is 0 Å². The first-order valence-electron chi connectivity index (χ1n) is 7.44. The largest absolute Gasteiger partial charge is 0.383 e. The summed E-state index contributed by atoms with van der Waals surface area (Å²) in [5.41, 5.74) is 1.38. The molecule has 0 saturated heterocycles. The maximum Gasteiger partial charge on any atom is 0.0587 e. The molecule has 0 aromatic heterocycles. The molecule has 0 aliphatic carbocycles. The lowest BCUT2D eigenvalue weighted by Gasteiger charge is -2.18. The van der Waals surface area contributed by atoms with Crippen LogP contribution in [0.15, 0.2) is 29.2 Å².